The number of amides is 1. The van der Waals surface area contributed by atoms with E-state index in [1.54, 1.807) is 6.07 Å². The summed E-state index contributed by atoms with van der Waals surface area (Å²) in [5, 5.41) is 3.01. The van der Waals surface area contributed by atoms with E-state index in [0.29, 0.717) is 24.1 Å². The van der Waals surface area contributed by atoms with E-state index in [0.717, 1.165) is 43.7 Å². The third-order valence-corrected chi connectivity index (χ3v) is 5.95. The average molecular weight is 419 g/mol. The molecule has 1 N–H and O–H groups in total. The molecule has 2 aliphatic rings. The van der Waals surface area contributed by atoms with Gasteiger partial charge in [0.05, 0.1) is 24.9 Å². The van der Waals surface area contributed by atoms with Crippen LogP contribution in [0.4, 0.5) is 10.5 Å². The Morgan fingerprint density at radius 1 is 1.20 bits per heavy atom. The molecular weight excluding hydrogens is 384 g/mol. The van der Waals surface area contributed by atoms with Crippen molar-refractivity contribution in [2.75, 3.05) is 25.2 Å². The summed E-state index contributed by atoms with van der Waals surface area (Å²) >= 11 is 0. The van der Waals surface area contributed by atoms with Crippen LogP contribution in [0.3, 0.4) is 0 Å². The quantitative estimate of drug-likeness (QED) is 0.741. The molecule has 7 nitrogen and oxygen atoms in total. The molecule has 1 fully saturated rings. The smallest absolute Gasteiger partial charge is 0.407 e. The van der Waals surface area contributed by atoms with Crippen LogP contribution in [-0.4, -0.2) is 50.0 Å². The first-order valence-corrected chi connectivity index (χ1v) is 10.8. The summed E-state index contributed by atoms with van der Waals surface area (Å²) in [6.07, 6.45) is 3.61. The van der Waals surface area contributed by atoms with Gasteiger partial charge in [0.2, 0.25) is 0 Å². The Hall–Kier alpha value is -2.44. The van der Waals surface area contributed by atoms with Crippen molar-refractivity contribution < 1.29 is 23.8 Å². The van der Waals surface area contributed by atoms with Gasteiger partial charge in [0.1, 0.15) is 18.0 Å². The molecule has 1 aromatic carbocycles. The van der Waals surface area contributed by atoms with Crippen LogP contribution in [0.5, 0.6) is 5.75 Å². The van der Waals surface area contributed by atoms with Crippen LogP contribution in [0.15, 0.2) is 18.2 Å². The number of nitrogens with zero attached hydrogens (tertiary/aromatic N) is 1. The minimum absolute atomic E-state index is 0.159. The molecule has 1 saturated carbocycles. The number of methoxy groups -OCH3 is 1. The predicted octanol–water partition coefficient (Wildman–Crippen LogP) is 4.14. The van der Waals surface area contributed by atoms with E-state index in [9.17, 15) is 9.59 Å². The van der Waals surface area contributed by atoms with Gasteiger partial charge in [0.25, 0.3) is 0 Å². The van der Waals surface area contributed by atoms with Gasteiger partial charge in [-0.3, -0.25) is 0 Å². The lowest BCUT2D eigenvalue weighted by atomic mass is 9.81. The van der Waals surface area contributed by atoms with Crippen LogP contribution in [0, 0.1) is 5.92 Å². The number of hydrogen-bond donors (Lipinski definition) is 1. The number of esters is 1. The Morgan fingerprint density at radius 2 is 1.90 bits per heavy atom. The molecular formula is C23H34N2O5. The van der Waals surface area contributed by atoms with E-state index < -0.39 is 5.60 Å². The Labute approximate surface area is 179 Å². The molecule has 0 saturated heterocycles. The molecule has 1 aliphatic heterocycles. The molecule has 166 valence electrons. The first kappa shape index (κ1) is 22.2. The van der Waals surface area contributed by atoms with E-state index in [1.807, 2.05) is 32.9 Å². The maximum Gasteiger partial charge on any atom is 0.407 e. The molecule has 1 atom stereocenters. The van der Waals surface area contributed by atoms with Crippen molar-refractivity contribution in [3.63, 3.8) is 0 Å². The Morgan fingerprint density at radius 3 is 2.53 bits per heavy atom. The number of nitrogens with one attached hydrogen (secondary N) is 1. The fourth-order valence-corrected chi connectivity index (χ4v) is 4.38. The molecule has 7 heteroatoms. The van der Waals surface area contributed by atoms with Crippen molar-refractivity contribution in [3.8, 4) is 5.75 Å². The number of anilines is 1. The van der Waals surface area contributed by atoms with Crippen LogP contribution >= 0.6 is 0 Å². The predicted molar refractivity (Wildman–Crippen MR) is 115 cm³/mol. The molecule has 1 amide bonds. The summed E-state index contributed by atoms with van der Waals surface area (Å²) in [7, 11) is 1.39. The monoisotopic (exact) mass is 418 g/mol. The molecule has 30 heavy (non-hydrogen) atoms. The minimum atomic E-state index is -0.484. The van der Waals surface area contributed by atoms with Crippen LogP contribution in [-0.2, 0) is 9.47 Å². The average Bonchev–Trinajstić information content (AvgIpc) is 2.71. The fourth-order valence-electron chi connectivity index (χ4n) is 4.38. The second kappa shape index (κ2) is 9.14. The van der Waals surface area contributed by atoms with Crippen molar-refractivity contribution in [3.05, 3.63) is 23.8 Å². The highest BCUT2D eigenvalue weighted by Gasteiger charge is 2.32. The summed E-state index contributed by atoms with van der Waals surface area (Å²) in [6, 6.07) is 5.93. The zero-order chi connectivity index (χ0) is 21.9. The molecule has 0 bridgehead atoms. The number of fused-ring (bicyclic) bond motifs is 1. The number of carbonyl (C=O) groups excluding carboxylic acids is 2. The van der Waals surface area contributed by atoms with Crippen molar-refractivity contribution in [2.24, 2.45) is 5.92 Å². The summed E-state index contributed by atoms with van der Waals surface area (Å²) in [5.74, 6) is 0.972. The van der Waals surface area contributed by atoms with Gasteiger partial charge in [0.15, 0.2) is 0 Å². The first-order chi connectivity index (χ1) is 14.2. The maximum atomic E-state index is 12.0. The molecule has 1 heterocycles. The van der Waals surface area contributed by atoms with Gasteiger partial charge >= 0.3 is 12.1 Å². The minimum Gasteiger partial charge on any atom is -0.490 e. The number of carbonyl (C=O) groups is 2. The van der Waals surface area contributed by atoms with Gasteiger partial charge in [-0.25, -0.2) is 9.59 Å². The van der Waals surface area contributed by atoms with Gasteiger partial charge in [-0.1, -0.05) is 0 Å². The Kier molecular flexibility index (Phi) is 6.78. The Bertz CT molecular complexity index is 765. The highest BCUT2D eigenvalue weighted by molar-refractivity contribution is 5.91. The topological polar surface area (TPSA) is 77.1 Å². The van der Waals surface area contributed by atoms with Gasteiger partial charge in [0, 0.05) is 12.1 Å². The zero-order valence-corrected chi connectivity index (χ0v) is 18.7. The van der Waals surface area contributed by atoms with Crippen LogP contribution in [0.2, 0.25) is 0 Å². The van der Waals surface area contributed by atoms with E-state index in [-0.39, 0.29) is 18.1 Å². The molecule has 0 aromatic heterocycles. The van der Waals surface area contributed by atoms with Crippen molar-refractivity contribution in [2.45, 2.75) is 71.1 Å². The molecule has 0 spiro atoms. The number of hydrogen-bond acceptors (Lipinski definition) is 6. The Balaban J connectivity index is 1.62. The lowest BCUT2D eigenvalue weighted by Gasteiger charge is -2.42. The van der Waals surface area contributed by atoms with Gasteiger partial charge in [-0.05, 0) is 77.5 Å². The maximum absolute atomic E-state index is 12.0. The van der Waals surface area contributed by atoms with Crippen LogP contribution in [0.1, 0.15) is 63.7 Å². The van der Waals surface area contributed by atoms with Crippen LogP contribution in [0.25, 0.3) is 0 Å². The summed E-state index contributed by atoms with van der Waals surface area (Å²) in [4.78, 5) is 26.4. The van der Waals surface area contributed by atoms with Gasteiger partial charge in [-0.2, -0.15) is 0 Å². The third kappa shape index (κ3) is 5.37. The van der Waals surface area contributed by atoms with E-state index >= 15 is 0 Å². The number of benzene rings is 1. The fraction of sp³-hybridized carbons (Fsp3) is 0.652. The van der Waals surface area contributed by atoms with Gasteiger partial charge in [-0.15, -0.1) is 0 Å². The zero-order valence-electron chi connectivity index (χ0n) is 18.7. The van der Waals surface area contributed by atoms with E-state index in [4.69, 9.17) is 14.2 Å². The summed E-state index contributed by atoms with van der Waals surface area (Å²) in [5.41, 5.74) is 0.998. The molecule has 3 rings (SSSR count). The molecule has 1 aromatic rings. The number of rotatable bonds is 4. The molecule has 1 aliphatic carbocycles. The largest absolute Gasteiger partial charge is 0.490 e. The van der Waals surface area contributed by atoms with Gasteiger partial charge < -0.3 is 24.4 Å². The van der Waals surface area contributed by atoms with E-state index in [1.165, 1.54) is 7.11 Å². The second-order valence-electron chi connectivity index (χ2n) is 9.21. The van der Waals surface area contributed by atoms with E-state index in [2.05, 4.69) is 17.1 Å². The number of alkyl carbamates (subject to hydrolysis) is 1. The summed E-state index contributed by atoms with van der Waals surface area (Å²) in [6.45, 7) is 9.27. The summed E-state index contributed by atoms with van der Waals surface area (Å²) < 4.78 is 16.1. The lowest BCUT2D eigenvalue weighted by molar-refractivity contribution is 0.0484. The number of ether oxygens (including phenoxy) is 3. The third-order valence-electron chi connectivity index (χ3n) is 5.95. The molecule has 0 radical (unpaired) electrons. The lowest BCUT2D eigenvalue weighted by Crippen LogP contribution is -2.47. The van der Waals surface area contributed by atoms with Crippen LogP contribution < -0.4 is 15.0 Å². The highest BCUT2D eigenvalue weighted by atomic mass is 16.6. The highest BCUT2D eigenvalue weighted by Crippen LogP contribution is 2.38. The first-order valence-electron chi connectivity index (χ1n) is 10.8. The standard InChI is InChI=1S/C23H34N2O5/c1-15(16-6-9-18(10-7-16)24-22(27)30-23(2,3)4)25-12-13-29-20-11-8-17(14-19(20)25)21(26)28-5/h8,11,14-16,18H,6-7,9-10,12-13H2,1-5H3,(H,24,27)/t15-,16?,18?/m0/s1. The second-order valence-corrected chi connectivity index (χ2v) is 9.21. The van der Waals surface area contributed by atoms with Crippen molar-refractivity contribution >= 4 is 17.7 Å². The molecule has 0 unspecified atom stereocenters. The SMILES string of the molecule is COC(=O)c1ccc2c(c1)N([C@@H](C)C1CCC(NC(=O)OC(C)(C)C)CC1)CCO2. The van der Waals surface area contributed by atoms with Crippen molar-refractivity contribution in [1.82, 2.24) is 5.32 Å². The van der Waals surface area contributed by atoms with Crippen molar-refractivity contribution in [1.29, 1.82) is 0 Å². The normalized spacial score (nSPS) is 22.4.